The summed E-state index contributed by atoms with van der Waals surface area (Å²) in [5.41, 5.74) is 7.19. The van der Waals surface area contributed by atoms with E-state index in [4.69, 9.17) is 5.73 Å². The number of nitrogens with zero attached hydrogens (tertiary/aromatic N) is 2. The Labute approximate surface area is 132 Å². The minimum Gasteiger partial charge on any atom is -0.327 e. The van der Waals surface area contributed by atoms with Gasteiger partial charge in [-0.3, -0.25) is 0 Å². The van der Waals surface area contributed by atoms with Gasteiger partial charge >= 0.3 is 0 Å². The Kier molecular flexibility index (Phi) is 4.24. The van der Waals surface area contributed by atoms with Crippen LogP contribution in [-0.4, -0.2) is 16.0 Å². The van der Waals surface area contributed by atoms with E-state index in [0.717, 1.165) is 15.9 Å². The van der Waals surface area contributed by atoms with Crippen molar-refractivity contribution >= 4 is 34.0 Å². The monoisotopic (exact) mass is 315 g/mol. The second-order valence-corrected chi connectivity index (χ2v) is 7.49. The molecule has 3 rings (SSSR count). The number of fused-ring (bicyclic) bond motifs is 1. The second kappa shape index (κ2) is 6.13. The van der Waals surface area contributed by atoms with E-state index in [-0.39, 0.29) is 11.3 Å². The molecule has 3 aromatic rings. The minimum atomic E-state index is 0.0572. The number of para-hydroxylation sites is 1. The highest BCUT2D eigenvalue weighted by Gasteiger charge is 2.21. The molecule has 21 heavy (non-hydrogen) atoms. The standard InChI is InChI=1S/C16H17N3S2/c1-10-7-8-14(20-10)15(11(2)17)21-16-12-5-3-4-6-13(12)18-9-19-16/h3-9,11,15H,17H2,1-2H3. The molecular weight excluding hydrogens is 298 g/mol. The van der Waals surface area contributed by atoms with Crippen LogP contribution in [0.4, 0.5) is 0 Å². The van der Waals surface area contributed by atoms with Crippen molar-refractivity contribution in [3.05, 3.63) is 52.5 Å². The van der Waals surface area contributed by atoms with Gasteiger partial charge in [-0.1, -0.05) is 30.0 Å². The van der Waals surface area contributed by atoms with Crippen molar-refractivity contribution in [2.24, 2.45) is 5.73 Å². The number of thiophene rings is 1. The van der Waals surface area contributed by atoms with Gasteiger partial charge in [0.05, 0.1) is 10.8 Å². The summed E-state index contributed by atoms with van der Waals surface area (Å²) in [6.45, 7) is 4.17. The maximum atomic E-state index is 6.21. The molecule has 2 atom stereocenters. The highest BCUT2D eigenvalue weighted by atomic mass is 32.2. The predicted octanol–water partition coefficient (Wildman–Crippen LogP) is 4.18. The van der Waals surface area contributed by atoms with Crippen molar-refractivity contribution < 1.29 is 0 Å². The quantitative estimate of drug-likeness (QED) is 0.579. The van der Waals surface area contributed by atoms with Crippen LogP contribution in [0.25, 0.3) is 10.9 Å². The van der Waals surface area contributed by atoms with Crippen LogP contribution < -0.4 is 5.73 Å². The summed E-state index contributed by atoms with van der Waals surface area (Å²) >= 11 is 3.53. The van der Waals surface area contributed by atoms with Gasteiger partial charge in [-0.2, -0.15) is 0 Å². The van der Waals surface area contributed by atoms with E-state index in [9.17, 15) is 0 Å². The van der Waals surface area contributed by atoms with Crippen molar-refractivity contribution in [1.29, 1.82) is 0 Å². The van der Waals surface area contributed by atoms with Crippen LogP contribution in [0.5, 0.6) is 0 Å². The highest BCUT2D eigenvalue weighted by molar-refractivity contribution is 7.99. The molecule has 2 unspecified atom stereocenters. The zero-order valence-electron chi connectivity index (χ0n) is 12.0. The molecule has 3 nitrogen and oxygen atoms in total. The van der Waals surface area contributed by atoms with Gasteiger partial charge < -0.3 is 5.73 Å². The first-order valence-electron chi connectivity index (χ1n) is 6.83. The Morgan fingerprint density at radius 2 is 1.95 bits per heavy atom. The second-order valence-electron chi connectivity index (χ2n) is 5.04. The van der Waals surface area contributed by atoms with Gasteiger partial charge in [0.1, 0.15) is 11.4 Å². The summed E-state index contributed by atoms with van der Waals surface area (Å²) in [6.07, 6.45) is 1.63. The van der Waals surface area contributed by atoms with Crippen LogP contribution >= 0.6 is 23.1 Å². The lowest BCUT2D eigenvalue weighted by Gasteiger charge is -2.19. The SMILES string of the molecule is Cc1ccc(C(Sc2ncnc3ccccc23)C(C)N)s1. The smallest absolute Gasteiger partial charge is 0.117 e. The fourth-order valence-corrected chi connectivity index (χ4v) is 4.55. The van der Waals surface area contributed by atoms with Gasteiger partial charge in [-0.25, -0.2) is 9.97 Å². The largest absolute Gasteiger partial charge is 0.327 e. The molecule has 1 aromatic carbocycles. The predicted molar refractivity (Wildman–Crippen MR) is 90.8 cm³/mol. The van der Waals surface area contributed by atoms with E-state index in [2.05, 4.69) is 42.0 Å². The lowest BCUT2D eigenvalue weighted by molar-refractivity contribution is 0.729. The first kappa shape index (κ1) is 14.5. The average molecular weight is 315 g/mol. The highest BCUT2D eigenvalue weighted by Crippen LogP contribution is 2.41. The van der Waals surface area contributed by atoms with E-state index in [0.29, 0.717) is 0 Å². The topological polar surface area (TPSA) is 51.8 Å². The number of aryl methyl sites for hydroxylation is 1. The van der Waals surface area contributed by atoms with Gasteiger partial charge in [0.15, 0.2) is 0 Å². The minimum absolute atomic E-state index is 0.0572. The summed E-state index contributed by atoms with van der Waals surface area (Å²) in [7, 11) is 0. The molecule has 0 saturated heterocycles. The van der Waals surface area contributed by atoms with Crippen LogP contribution in [0.15, 0.2) is 47.8 Å². The van der Waals surface area contributed by atoms with E-state index < -0.39 is 0 Å². The summed E-state index contributed by atoms with van der Waals surface area (Å²) in [6, 6.07) is 12.5. The molecule has 2 N–H and O–H groups in total. The third kappa shape index (κ3) is 3.10. The van der Waals surface area contributed by atoms with Crippen LogP contribution in [0, 0.1) is 6.92 Å². The number of benzene rings is 1. The van der Waals surface area contributed by atoms with E-state index in [1.807, 2.05) is 18.2 Å². The fraction of sp³-hybridized carbons (Fsp3) is 0.250. The van der Waals surface area contributed by atoms with Crippen molar-refractivity contribution in [3.8, 4) is 0 Å². The molecule has 0 aliphatic rings. The van der Waals surface area contributed by atoms with Crippen molar-refractivity contribution in [1.82, 2.24) is 9.97 Å². The Bertz CT molecular complexity index is 747. The Hall–Kier alpha value is -1.43. The van der Waals surface area contributed by atoms with Gasteiger partial charge in [0.2, 0.25) is 0 Å². The molecule has 0 saturated carbocycles. The molecular formula is C16H17N3S2. The first-order valence-corrected chi connectivity index (χ1v) is 8.53. The van der Waals surface area contributed by atoms with Crippen molar-refractivity contribution in [3.63, 3.8) is 0 Å². The summed E-state index contributed by atoms with van der Waals surface area (Å²) < 4.78 is 0. The van der Waals surface area contributed by atoms with E-state index in [1.165, 1.54) is 9.75 Å². The van der Waals surface area contributed by atoms with Gasteiger partial charge in [0, 0.05) is 21.2 Å². The molecule has 108 valence electrons. The number of aromatic nitrogens is 2. The number of hydrogen-bond donors (Lipinski definition) is 1. The zero-order valence-corrected chi connectivity index (χ0v) is 13.6. The summed E-state index contributed by atoms with van der Waals surface area (Å²) in [5, 5.41) is 2.29. The molecule has 2 heterocycles. The molecule has 0 amide bonds. The van der Waals surface area contributed by atoms with Crippen LogP contribution in [0.1, 0.15) is 21.9 Å². The molecule has 0 radical (unpaired) electrons. The van der Waals surface area contributed by atoms with Crippen molar-refractivity contribution in [2.45, 2.75) is 30.2 Å². The number of hydrogen-bond acceptors (Lipinski definition) is 5. The van der Waals surface area contributed by atoms with Gasteiger partial charge in [-0.05, 0) is 32.0 Å². The van der Waals surface area contributed by atoms with Crippen LogP contribution in [0.2, 0.25) is 0 Å². The third-order valence-electron chi connectivity index (χ3n) is 3.26. The van der Waals surface area contributed by atoms with Crippen molar-refractivity contribution in [2.75, 3.05) is 0 Å². The number of nitrogens with two attached hydrogens (primary N) is 1. The fourth-order valence-electron chi connectivity index (χ4n) is 2.23. The van der Waals surface area contributed by atoms with Crippen LogP contribution in [0.3, 0.4) is 0 Å². The third-order valence-corrected chi connectivity index (χ3v) is 5.98. The lowest BCUT2D eigenvalue weighted by atomic mass is 10.2. The summed E-state index contributed by atoms with van der Waals surface area (Å²) in [4.78, 5) is 11.4. The molecule has 0 spiro atoms. The van der Waals surface area contributed by atoms with E-state index in [1.54, 1.807) is 29.4 Å². The Morgan fingerprint density at radius 3 is 2.67 bits per heavy atom. The average Bonchev–Trinajstić information content (AvgIpc) is 2.90. The molecule has 0 aliphatic heterocycles. The molecule has 0 bridgehead atoms. The molecule has 0 aliphatic carbocycles. The Morgan fingerprint density at radius 1 is 1.14 bits per heavy atom. The molecule has 2 aromatic heterocycles. The summed E-state index contributed by atoms with van der Waals surface area (Å²) in [5.74, 6) is 0. The van der Waals surface area contributed by atoms with E-state index >= 15 is 0 Å². The molecule has 0 fully saturated rings. The first-order chi connectivity index (χ1) is 10.1. The lowest BCUT2D eigenvalue weighted by Crippen LogP contribution is -2.22. The van der Waals surface area contributed by atoms with Crippen LogP contribution in [-0.2, 0) is 0 Å². The Balaban J connectivity index is 1.99. The van der Waals surface area contributed by atoms with Gasteiger partial charge in [0.25, 0.3) is 0 Å². The number of rotatable bonds is 4. The number of thioether (sulfide) groups is 1. The maximum absolute atomic E-state index is 6.21. The molecule has 5 heteroatoms. The maximum Gasteiger partial charge on any atom is 0.117 e. The normalized spacial score (nSPS) is 14.2. The van der Waals surface area contributed by atoms with Gasteiger partial charge in [-0.15, -0.1) is 11.3 Å². The zero-order chi connectivity index (χ0) is 14.8.